The summed E-state index contributed by atoms with van der Waals surface area (Å²) in [6.45, 7) is 5.59. The van der Waals surface area contributed by atoms with E-state index in [0.717, 1.165) is 10.8 Å². The average molecular weight is 706 g/mol. The molecule has 4 heterocycles. The van der Waals surface area contributed by atoms with Crippen LogP contribution < -0.4 is 4.90 Å². The average Bonchev–Trinajstić information content (AvgIpc) is 3.81. The number of allylic oxidation sites excluding steroid dienone is 1. The van der Waals surface area contributed by atoms with Crippen LogP contribution in [0.5, 0.6) is 0 Å². The lowest BCUT2D eigenvalue weighted by Gasteiger charge is -2.40. The van der Waals surface area contributed by atoms with Crippen LogP contribution in [0.4, 0.5) is 5.69 Å². The van der Waals surface area contributed by atoms with Crippen LogP contribution >= 0.6 is 0 Å². The minimum absolute atomic E-state index is 0.115. The molecule has 3 aromatic rings. The van der Waals surface area contributed by atoms with Crippen molar-refractivity contribution in [3.05, 3.63) is 103 Å². The molecular weight excluding hydrogens is 658 g/mol. The first-order chi connectivity index (χ1) is 25.1. The Balaban J connectivity index is 1.37. The van der Waals surface area contributed by atoms with E-state index in [1.165, 1.54) is 4.90 Å². The van der Waals surface area contributed by atoms with E-state index in [9.17, 15) is 19.5 Å². The highest BCUT2D eigenvalue weighted by Gasteiger charge is 2.74. The molecule has 1 N–H and O–H groups in total. The summed E-state index contributed by atoms with van der Waals surface area (Å²) in [5, 5.41) is 12.8. The smallest absolute Gasteiger partial charge is 0.313 e. The number of fused-ring (bicyclic) bond motifs is 3. The predicted octanol–water partition coefficient (Wildman–Crippen LogP) is 5.21. The molecule has 2 fully saturated rings. The van der Waals surface area contributed by atoms with E-state index >= 15 is 4.79 Å². The minimum Gasteiger partial charge on any atom is -0.455 e. The van der Waals surface area contributed by atoms with Gasteiger partial charge in [0.05, 0.1) is 30.7 Å². The highest BCUT2D eigenvalue weighted by Crippen LogP contribution is 2.57. The van der Waals surface area contributed by atoms with Gasteiger partial charge in [0.2, 0.25) is 11.8 Å². The molecule has 0 aromatic heterocycles. The summed E-state index contributed by atoms with van der Waals surface area (Å²) < 4.78 is 13.0. The van der Waals surface area contributed by atoms with Gasteiger partial charge in [-0.05, 0) is 47.7 Å². The van der Waals surface area contributed by atoms with Crippen molar-refractivity contribution in [1.29, 1.82) is 0 Å². The number of nitrogens with zero attached hydrogens (tertiary/aromatic N) is 3. The molecule has 1 spiro atoms. The van der Waals surface area contributed by atoms with Crippen molar-refractivity contribution in [2.24, 2.45) is 17.8 Å². The third-order valence-corrected chi connectivity index (χ3v) is 11.8. The van der Waals surface area contributed by atoms with Crippen molar-refractivity contribution in [1.82, 2.24) is 9.80 Å². The summed E-state index contributed by atoms with van der Waals surface area (Å²) in [5.41, 5.74) is -0.118. The van der Waals surface area contributed by atoms with Gasteiger partial charge in [0.25, 0.3) is 5.91 Å². The van der Waals surface area contributed by atoms with Gasteiger partial charge in [0, 0.05) is 25.7 Å². The van der Waals surface area contributed by atoms with Gasteiger partial charge in [-0.15, -0.1) is 0 Å². The molecule has 3 aromatic carbocycles. The molecule has 52 heavy (non-hydrogen) atoms. The van der Waals surface area contributed by atoms with Crippen molar-refractivity contribution in [2.75, 3.05) is 25.1 Å². The number of ether oxygens (including phenoxy) is 2. The maximum Gasteiger partial charge on any atom is 0.313 e. The van der Waals surface area contributed by atoms with E-state index in [0.29, 0.717) is 24.1 Å². The van der Waals surface area contributed by atoms with Crippen LogP contribution in [0, 0.1) is 17.8 Å². The Morgan fingerprint density at radius 3 is 2.40 bits per heavy atom. The number of aliphatic hydroxyl groups is 1. The van der Waals surface area contributed by atoms with Crippen LogP contribution in [0.25, 0.3) is 10.8 Å². The lowest BCUT2D eigenvalue weighted by molar-refractivity contribution is -0.164. The molecule has 9 atom stereocenters. The molecule has 10 nitrogen and oxygen atoms in total. The number of amides is 3. The summed E-state index contributed by atoms with van der Waals surface area (Å²) in [6, 6.07) is 20.6. The van der Waals surface area contributed by atoms with Gasteiger partial charge in [0.15, 0.2) is 0 Å². The van der Waals surface area contributed by atoms with Crippen LogP contribution in [-0.2, 0) is 28.7 Å². The Morgan fingerprint density at radius 2 is 1.67 bits per heavy atom. The van der Waals surface area contributed by atoms with Gasteiger partial charge in [-0.25, -0.2) is 0 Å². The summed E-state index contributed by atoms with van der Waals surface area (Å²) in [7, 11) is 1.71. The summed E-state index contributed by atoms with van der Waals surface area (Å²) >= 11 is 0. The van der Waals surface area contributed by atoms with Crippen LogP contribution in [0.3, 0.4) is 0 Å². The van der Waals surface area contributed by atoms with Crippen LogP contribution in [0.2, 0.25) is 0 Å². The highest BCUT2D eigenvalue weighted by molar-refractivity contribution is 6.06. The molecule has 7 rings (SSSR count). The van der Waals surface area contributed by atoms with E-state index in [4.69, 9.17) is 9.47 Å². The lowest BCUT2D eigenvalue weighted by atomic mass is 9.74. The third kappa shape index (κ3) is 5.91. The van der Waals surface area contributed by atoms with E-state index < -0.39 is 59.6 Å². The van der Waals surface area contributed by atoms with Crippen LogP contribution in [0.15, 0.2) is 97.1 Å². The fraction of sp³-hybridized carbons (Fsp3) is 0.429. The Labute approximate surface area is 304 Å². The number of esters is 1. The number of hydrogen-bond acceptors (Lipinski definition) is 7. The number of aliphatic hydroxyl groups excluding tert-OH is 1. The number of carbonyl (C=O) groups is 4. The molecule has 0 unspecified atom stereocenters. The molecule has 5 bridgehead atoms. The molecule has 3 amide bonds. The SMILES string of the molecule is CC[C@H](C)[C@H](CO)N1C(=O)[C@H]2[C@@H]3C(=O)O[C@H](c4ccccc4)[C@@H](C)N(C)C(=O)CC/C=C\CN(c4ccc5ccccc5c4)C(=O)[C@H]1[C@@]21C=C[C@@H]3O1. The molecule has 2 saturated heterocycles. The molecule has 0 aliphatic carbocycles. The number of rotatable bonds is 6. The number of carbonyl (C=O) groups excluding carboxylic acids is 4. The molecular formula is C42H47N3O7. The van der Waals surface area contributed by atoms with Gasteiger partial charge in [-0.1, -0.05) is 105 Å². The van der Waals surface area contributed by atoms with Gasteiger partial charge >= 0.3 is 5.97 Å². The zero-order chi connectivity index (χ0) is 36.7. The zero-order valence-electron chi connectivity index (χ0n) is 30.1. The summed E-state index contributed by atoms with van der Waals surface area (Å²) in [6.07, 6.45) is 7.00. The van der Waals surface area contributed by atoms with E-state index in [1.54, 1.807) is 29.0 Å². The number of benzene rings is 3. The Bertz CT molecular complexity index is 1910. The lowest BCUT2D eigenvalue weighted by Crippen LogP contribution is -2.59. The van der Waals surface area contributed by atoms with Crippen molar-refractivity contribution < 1.29 is 33.8 Å². The van der Waals surface area contributed by atoms with Crippen molar-refractivity contribution in [2.45, 2.75) is 76.0 Å². The predicted molar refractivity (Wildman–Crippen MR) is 197 cm³/mol. The Kier molecular flexibility index (Phi) is 9.80. The normalized spacial score (nSPS) is 31.2. The van der Waals surface area contributed by atoms with Gasteiger partial charge in [-0.3, -0.25) is 19.2 Å². The number of anilines is 1. The second-order valence-electron chi connectivity index (χ2n) is 14.6. The molecule has 4 aliphatic heterocycles. The largest absolute Gasteiger partial charge is 0.455 e. The topological polar surface area (TPSA) is 117 Å². The van der Waals surface area contributed by atoms with Gasteiger partial charge < -0.3 is 29.3 Å². The van der Waals surface area contributed by atoms with E-state index in [-0.39, 0.29) is 37.3 Å². The maximum absolute atomic E-state index is 15.3. The first-order valence-electron chi connectivity index (χ1n) is 18.4. The number of cyclic esters (lactones) is 1. The van der Waals surface area contributed by atoms with Crippen LogP contribution in [0.1, 0.15) is 51.7 Å². The molecule has 0 radical (unpaired) electrons. The summed E-state index contributed by atoms with van der Waals surface area (Å²) in [5.74, 6) is -3.81. The molecule has 4 aliphatic rings. The standard InChI is InChI=1S/C42H47N3O7/c1-5-26(2)32(25-46)45-38-40(49)44(31-20-19-28-14-11-12-17-30(28)24-31)23-13-7-10-18-34(47)43(4)27(3)37(29-15-8-6-9-16-29)51-41(50)35-33-21-22-42(38,52-33)36(35)39(45)48/h6-9,11-17,19-22,24,26-27,32-33,35-38,46H,5,10,18,23,25H2,1-4H3/b13-7-/t26-,27+,32-,33-,35+,36+,37-,38-,42+/m0/s1. The number of hydrogen-bond donors (Lipinski definition) is 1. The molecule has 272 valence electrons. The Hall–Kier alpha value is -4.80. The second-order valence-corrected chi connectivity index (χ2v) is 14.6. The minimum atomic E-state index is -1.46. The zero-order valence-corrected chi connectivity index (χ0v) is 30.1. The van der Waals surface area contributed by atoms with Gasteiger partial charge in [-0.2, -0.15) is 0 Å². The third-order valence-electron chi connectivity index (χ3n) is 11.8. The first kappa shape index (κ1) is 35.6. The second kappa shape index (κ2) is 14.3. The highest BCUT2D eigenvalue weighted by atomic mass is 16.6. The van der Waals surface area contributed by atoms with E-state index in [1.807, 2.05) is 106 Å². The Morgan fingerprint density at radius 1 is 0.942 bits per heavy atom. The fourth-order valence-corrected chi connectivity index (χ4v) is 8.55. The summed E-state index contributed by atoms with van der Waals surface area (Å²) in [4.78, 5) is 63.0. The van der Waals surface area contributed by atoms with Gasteiger partial charge in [0.1, 0.15) is 23.7 Å². The maximum atomic E-state index is 15.3. The monoisotopic (exact) mass is 705 g/mol. The molecule has 0 saturated carbocycles. The fourth-order valence-electron chi connectivity index (χ4n) is 8.55. The first-order valence-corrected chi connectivity index (χ1v) is 18.4. The molecule has 10 heteroatoms. The van der Waals surface area contributed by atoms with Crippen molar-refractivity contribution >= 4 is 40.2 Å². The van der Waals surface area contributed by atoms with Crippen LogP contribution in [-0.4, -0.2) is 88.6 Å². The van der Waals surface area contributed by atoms with Crippen molar-refractivity contribution in [3.8, 4) is 0 Å². The number of likely N-dealkylation sites (N-methyl/N-ethyl adjacent to an activating group) is 1. The quantitative estimate of drug-likeness (QED) is 0.277. The van der Waals surface area contributed by atoms with Crippen molar-refractivity contribution in [3.63, 3.8) is 0 Å². The van der Waals surface area contributed by atoms with E-state index in [2.05, 4.69) is 0 Å². The number of likely N-dealkylation sites (tertiary alicyclic amines) is 1.